The van der Waals surface area contributed by atoms with Crippen molar-refractivity contribution in [1.82, 2.24) is 10.2 Å². The number of hydrogen-bond acceptors (Lipinski definition) is 4. The Balaban J connectivity index is 1.95. The van der Waals surface area contributed by atoms with Crippen LogP contribution in [0.15, 0.2) is 0 Å². The second-order valence-corrected chi connectivity index (χ2v) is 4.74. The monoisotopic (exact) mass is 230 g/mol. The van der Waals surface area contributed by atoms with Crippen molar-refractivity contribution in [3.8, 4) is 0 Å². The van der Waals surface area contributed by atoms with Gasteiger partial charge >= 0.3 is 0 Å². The summed E-state index contributed by atoms with van der Waals surface area (Å²) in [5.41, 5.74) is 0. The van der Waals surface area contributed by atoms with E-state index in [0.29, 0.717) is 6.04 Å². The number of aliphatic hydroxyl groups is 1. The minimum absolute atomic E-state index is 0.0592. The second-order valence-electron chi connectivity index (χ2n) is 4.74. The lowest BCUT2D eigenvalue weighted by atomic mass is 10.1. The number of piperidine rings is 1. The molecular weight excluding hydrogens is 204 g/mol. The molecule has 0 bridgehead atoms. The van der Waals surface area contributed by atoms with Gasteiger partial charge in [-0.2, -0.15) is 0 Å². The van der Waals surface area contributed by atoms with Gasteiger partial charge in [-0.3, -0.25) is 0 Å². The fourth-order valence-electron chi connectivity index (χ4n) is 2.10. The first-order chi connectivity index (χ1) is 7.72. The summed E-state index contributed by atoms with van der Waals surface area (Å²) in [6.07, 6.45) is 2.99. The van der Waals surface area contributed by atoms with Gasteiger partial charge in [0.05, 0.1) is 12.7 Å². The molecule has 1 fully saturated rings. The highest BCUT2D eigenvalue weighted by Crippen LogP contribution is 2.09. The topological polar surface area (TPSA) is 44.7 Å². The van der Waals surface area contributed by atoms with E-state index in [1.165, 1.54) is 6.42 Å². The van der Waals surface area contributed by atoms with Crippen LogP contribution in [0, 0.1) is 0 Å². The molecule has 4 nitrogen and oxygen atoms in total. The Morgan fingerprint density at radius 1 is 1.44 bits per heavy atom. The molecule has 1 aliphatic rings. The third-order valence-electron chi connectivity index (χ3n) is 3.12. The van der Waals surface area contributed by atoms with E-state index in [1.54, 1.807) is 7.11 Å². The number of ether oxygens (including phenoxy) is 1. The Morgan fingerprint density at radius 3 is 2.75 bits per heavy atom. The number of hydrogen-bond donors (Lipinski definition) is 2. The molecule has 0 radical (unpaired) electrons. The summed E-state index contributed by atoms with van der Waals surface area (Å²) in [5, 5.41) is 12.8. The third-order valence-corrected chi connectivity index (χ3v) is 3.12. The fourth-order valence-corrected chi connectivity index (χ4v) is 2.10. The Kier molecular flexibility index (Phi) is 6.96. The van der Waals surface area contributed by atoms with Crippen molar-refractivity contribution < 1.29 is 9.84 Å². The Hall–Kier alpha value is -0.160. The Morgan fingerprint density at radius 2 is 2.12 bits per heavy atom. The smallest absolute Gasteiger partial charge is 0.0613 e. The molecule has 4 heteroatoms. The average Bonchev–Trinajstić information content (AvgIpc) is 2.27. The molecule has 1 rings (SSSR count). The SMILES string of the molecule is COCC(C)NCCCN1CCC(O)CC1. The molecule has 0 aromatic rings. The first kappa shape index (κ1) is 13.9. The van der Waals surface area contributed by atoms with Crippen molar-refractivity contribution in [2.24, 2.45) is 0 Å². The zero-order valence-electron chi connectivity index (χ0n) is 10.6. The van der Waals surface area contributed by atoms with Gasteiger partial charge in [0.2, 0.25) is 0 Å². The van der Waals surface area contributed by atoms with Crippen LogP contribution in [0.25, 0.3) is 0 Å². The molecule has 2 N–H and O–H groups in total. The van der Waals surface area contributed by atoms with Gasteiger partial charge in [0, 0.05) is 26.2 Å². The number of aliphatic hydroxyl groups excluding tert-OH is 1. The van der Waals surface area contributed by atoms with Crippen molar-refractivity contribution in [3.05, 3.63) is 0 Å². The highest BCUT2D eigenvalue weighted by Gasteiger charge is 2.15. The molecule has 0 aromatic heterocycles. The quantitative estimate of drug-likeness (QED) is 0.624. The number of methoxy groups -OCH3 is 1. The van der Waals surface area contributed by atoms with Crippen LogP contribution in [0.3, 0.4) is 0 Å². The maximum atomic E-state index is 9.38. The lowest BCUT2D eigenvalue weighted by Crippen LogP contribution is -2.38. The van der Waals surface area contributed by atoms with Crippen LogP contribution in [0.4, 0.5) is 0 Å². The average molecular weight is 230 g/mol. The molecule has 96 valence electrons. The molecular formula is C12H26N2O2. The highest BCUT2D eigenvalue weighted by molar-refractivity contribution is 4.71. The van der Waals surface area contributed by atoms with Crippen LogP contribution in [-0.2, 0) is 4.74 Å². The molecule has 1 atom stereocenters. The fraction of sp³-hybridized carbons (Fsp3) is 1.00. The predicted octanol–water partition coefficient (Wildman–Crippen LogP) is 0.458. The van der Waals surface area contributed by atoms with Crippen LogP contribution < -0.4 is 5.32 Å². The minimum atomic E-state index is -0.0592. The van der Waals surface area contributed by atoms with Gasteiger partial charge in [-0.1, -0.05) is 0 Å². The van der Waals surface area contributed by atoms with Crippen molar-refractivity contribution in [2.45, 2.75) is 38.3 Å². The largest absolute Gasteiger partial charge is 0.393 e. The molecule has 0 saturated carbocycles. The molecule has 1 unspecified atom stereocenters. The maximum Gasteiger partial charge on any atom is 0.0613 e. The summed E-state index contributed by atoms with van der Waals surface area (Å²) in [7, 11) is 1.73. The van der Waals surface area contributed by atoms with E-state index in [1.807, 2.05) is 0 Å². The summed E-state index contributed by atoms with van der Waals surface area (Å²) in [6.45, 7) is 7.20. The molecule has 0 spiro atoms. The molecule has 0 aliphatic carbocycles. The lowest BCUT2D eigenvalue weighted by Gasteiger charge is -2.29. The van der Waals surface area contributed by atoms with E-state index in [0.717, 1.165) is 45.6 Å². The lowest BCUT2D eigenvalue weighted by molar-refractivity contribution is 0.0818. The van der Waals surface area contributed by atoms with Crippen LogP contribution in [0.1, 0.15) is 26.2 Å². The number of rotatable bonds is 7. The predicted molar refractivity (Wildman–Crippen MR) is 65.6 cm³/mol. The molecule has 0 amide bonds. The summed E-state index contributed by atoms with van der Waals surface area (Å²) < 4.78 is 5.06. The van der Waals surface area contributed by atoms with Crippen molar-refractivity contribution in [1.29, 1.82) is 0 Å². The number of likely N-dealkylation sites (tertiary alicyclic amines) is 1. The van der Waals surface area contributed by atoms with E-state index in [4.69, 9.17) is 4.74 Å². The van der Waals surface area contributed by atoms with E-state index < -0.39 is 0 Å². The van der Waals surface area contributed by atoms with E-state index >= 15 is 0 Å². The van der Waals surface area contributed by atoms with Gasteiger partial charge in [-0.15, -0.1) is 0 Å². The summed E-state index contributed by atoms with van der Waals surface area (Å²) in [4.78, 5) is 2.44. The van der Waals surface area contributed by atoms with Crippen LogP contribution >= 0.6 is 0 Å². The van der Waals surface area contributed by atoms with Crippen molar-refractivity contribution in [3.63, 3.8) is 0 Å². The summed E-state index contributed by atoms with van der Waals surface area (Å²) >= 11 is 0. The van der Waals surface area contributed by atoms with Crippen molar-refractivity contribution >= 4 is 0 Å². The second kappa shape index (κ2) is 8.01. The zero-order valence-corrected chi connectivity index (χ0v) is 10.6. The maximum absolute atomic E-state index is 9.38. The van der Waals surface area contributed by atoms with Gasteiger partial charge in [0.1, 0.15) is 0 Å². The standard InChI is InChI=1S/C12H26N2O2/c1-11(10-16-2)13-6-3-7-14-8-4-12(15)5-9-14/h11-13,15H,3-10H2,1-2H3. The summed E-state index contributed by atoms with van der Waals surface area (Å²) in [5.74, 6) is 0. The van der Waals surface area contributed by atoms with E-state index in [9.17, 15) is 5.11 Å². The van der Waals surface area contributed by atoms with Crippen LogP contribution in [0.2, 0.25) is 0 Å². The van der Waals surface area contributed by atoms with Gasteiger partial charge in [-0.05, 0) is 39.3 Å². The first-order valence-electron chi connectivity index (χ1n) is 6.35. The molecule has 16 heavy (non-hydrogen) atoms. The Labute approximate surface area is 99.0 Å². The normalized spacial score (nSPS) is 21.2. The first-order valence-corrected chi connectivity index (χ1v) is 6.35. The van der Waals surface area contributed by atoms with Gasteiger partial charge < -0.3 is 20.1 Å². The van der Waals surface area contributed by atoms with Crippen molar-refractivity contribution in [2.75, 3.05) is 39.9 Å². The zero-order chi connectivity index (χ0) is 11.8. The third kappa shape index (κ3) is 5.80. The van der Waals surface area contributed by atoms with Crippen LogP contribution in [-0.4, -0.2) is 62.0 Å². The molecule has 1 heterocycles. The number of nitrogens with one attached hydrogen (secondary N) is 1. The van der Waals surface area contributed by atoms with E-state index in [2.05, 4.69) is 17.1 Å². The number of nitrogens with zero attached hydrogens (tertiary/aromatic N) is 1. The van der Waals surface area contributed by atoms with Gasteiger partial charge in [0.25, 0.3) is 0 Å². The van der Waals surface area contributed by atoms with Gasteiger partial charge in [-0.25, -0.2) is 0 Å². The molecule has 0 aromatic carbocycles. The van der Waals surface area contributed by atoms with Crippen LogP contribution in [0.5, 0.6) is 0 Å². The summed E-state index contributed by atoms with van der Waals surface area (Å²) in [6, 6.07) is 0.438. The molecule has 1 aliphatic heterocycles. The Bertz CT molecular complexity index is 170. The minimum Gasteiger partial charge on any atom is -0.393 e. The molecule has 1 saturated heterocycles. The highest BCUT2D eigenvalue weighted by atomic mass is 16.5. The van der Waals surface area contributed by atoms with Gasteiger partial charge in [0.15, 0.2) is 0 Å². The van der Waals surface area contributed by atoms with E-state index in [-0.39, 0.29) is 6.10 Å².